The van der Waals surface area contributed by atoms with Crippen LogP contribution in [0.1, 0.15) is 23.5 Å². The summed E-state index contributed by atoms with van der Waals surface area (Å²) in [6, 6.07) is 7.99. The Bertz CT molecular complexity index is 500. The molecule has 5 heteroatoms. The largest absolute Gasteiger partial charge is 0.355 e. The highest BCUT2D eigenvalue weighted by atomic mass is 16.2. The molecule has 1 aliphatic heterocycles. The maximum Gasteiger partial charge on any atom is 0.228 e. The van der Waals surface area contributed by atoms with Gasteiger partial charge in [0, 0.05) is 40.2 Å². The van der Waals surface area contributed by atoms with Crippen molar-refractivity contribution in [1.29, 1.82) is 0 Å². The van der Waals surface area contributed by atoms with Crippen molar-refractivity contribution in [3.63, 3.8) is 0 Å². The van der Waals surface area contributed by atoms with E-state index >= 15 is 0 Å². The molecule has 20 heavy (non-hydrogen) atoms. The lowest BCUT2D eigenvalue weighted by atomic mass is 9.90. The quantitative estimate of drug-likeness (QED) is 0.839. The third-order valence-corrected chi connectivity index (χ3v) is 3.55. The van der Waals surface area contributed by atoms with E-state index in [-0.39, 0.29) is 17.7 Å². The molecule has 1 atom stereocenters. The Hall–Kier alpha value is -1.88. The molecule has 108 valence electrons. The number of hydrogen-bond acceptors (Lipinski definition) is 3. The number of hydrogen-bond donors (Lipinski definition) is 2. The number of fused-ring (bicyclic) bond motifs is 1. The van der Waals surface area contributed by atoms with Crippen LogP contribution in [0.3, 0.4) is 0 Å². The molecule has 0 saturated carbocycles. The zero-order valence-electron chi connectivity index (χ0n) is 12.0. The lowest BCUT2D eigenvalue weighted by molar-refractivity contribution is -0.128. The van der Waals surface area contributed by atoms with Crippen molar-refractivity contribution in [2.24, 2.45) is 0 Å². The van der Waals surface area contributed by atoms with E-state index < -0.39 is 0 Å². The molecule has 1 unspecified atom stereocenters. The lowest BCUT2D eigenvalue weighted by Gasteiger charge is -2.25. The van der Waals surface area contributed by atoms with Gasteiger partial charge in [0.2, 0.25) is 11.8 Å². The molecule has 2 rings (SSSR count). The topological polar surface area (TPSA) is 61.4 Å². The molecule has 0 spiro atoms. The van der Waals surface area contributed by atoms with Crippen molar-refractivity contribution in [3.8, 4) is 0 Å². The highest BCUT2D eigenvalue weighted by Gasteiger charge is 2.25. The second-order valence-corrected chi connectivity index (χ2v) is 5.21. The Morgan fingerprint density at radius 1 is 1.35 bits per heavy atom. The average Bonchev–Trinajstić information content (AvgIpc) is 2.46. The van der Waals surface area contributed by atoms with E-state index in [1.54, 1.807) is 14.1 Å². The van der Waals surface area contributed by atoms with Crippen LogP contribution in [0.4, 0.5) is 0 Å². The summed E-state index contributed by atoms with van der Waals surface area (Å²) in [7, 11) is 3.43. The summed E-state index contributed by atoms with van der Waals surface area (Å²) >= 11 is 0. The molecule has 1 aliphatic rings. The normalized spacial score (nSPS) is 17.2. The van der Waals surface area contributed by atoms with Crippen molar-refractivity contribution in [3.05, 3.63) is 35.4 Å². The van der Waals surface area contributed by atoms with Crippen LogP contribution in [-0.4, -0.2) is 43.9 Å². The number of nitrogens with one attached hydrogen (secondary N) is 2. The summed E-state index contributed by atoms with van der Waals surface area (Å²) in [6.45, 7) is 1.83. The van der Waals surface area contributed by atoms with Gasteiger partial charge in [0.1, 0.15) is 0 Å². The molecule has 2 N–H and O–H groups in total. The van der Waals surface area contributed by atoms with Crippen LogP contribution in [0, 0.1) is 0 Å². The molecule has 0 fully saturated rings. The lowest BCUT2D eigenvalue weighted by Crippen LogP contribution is -2.40. The molecule has 0 aromatic heterocycles. The van der Waals surface area contributed by atoms with Gasteiger partial charge in [0.25, 0.3) is 0 Å². The first-order valence-corrected chi connectivity index (χ1v) is 6.86. The van der Waals surface area contributed by atoms with Crippen molar-refractivity contribution in [2.75, 3.05) is 27.2 Å². The number of benzene rings is 1. The fourth-order valence-corrected chi connectivity index (χ4v) is 2.37. The number of carbonyl (C=O) groups is 2. The minimum atomic E-state index is -0.172. The molecule has 0 saturated heterocycles. The van der Waals surface area contributed by atoms with Gasteiger partial charge in [-0.1, -0.05) is 24.3 Å². The van der Waals surface area contributed by atoms with E-state index in [0.717, 1.165) is 12.1 Å². The fourth-order valence-electron chi connectivity index (χ4n) is 2.37. The summed E-state index contributed by atoms with van der Waals surface area (Å²) in [6.07, 6.45) is 0.334. The molecule has 1 heterocycles. The van der Waals surface area contributed by atoms with E-state index in [4.69, 9.17) is 0 Å². The number of rotatable bonds is 4. The van der Waals surface area contributed by atoms with Crippen LogP contribution >= 0.6 is 0 Å². The molecular formula is C15H21N3O2. The molecule has 1 aromatic rings. The SMILES string of the molecule is CN(C)C(=O)CCNC(=O)C1CNCc2ccccc21. The minimum absolute atomic E-state index is 0.0174. The predicted molar refractivity (Wildman–Crippen MR) is 77.2 cm³/mol. The standard InChI is InChI=1S/C15H21N3O2/c1-18(2)14(19)7-8-17-15(20)13-10-16-9-11-5-3-4-6-12(11)13/h3-6,13,16H,7-10H2,1-2H3,(H,17,20). The molecule has 5 nitrogen and oxygen atoms in total. The van der Waals surface area contributed by atoms with Crippen LogP contribution in [0.5, 0.6) is 0 Å². The molecule has 1 aromatic carbocycles. The second kappa shape index (κ2) is 6.52. The Morgan fingerprint density at radius 3 is 2.85 bits per heavy atom. The smallest absolute Gasteiger partial charge is 0.228 e. The third kappa shape index (κ3) is 3.36. The highest BCUT2D eigenvalue weighted by Crippen LogP contribution is 2.23. The fraction of sp³-hybridized carbons (Fsp3) is 0.467. The van der Waals surface area contributed by atoms with E-state index in [1.807, 2.05) is 24.3 Å². The van der Waals surface area contributed by atoms with Crippen molar-refractivity contribution < 1.29 is 9.59 Å². The third-order valence-electron chi connectivity index (χ3n) is 3.55. The van der Waals surface area contributed by atoms with Crippen LogP contribution in [0.2, 0.25) is 0 Å². The summed E-state index contributed by atoms with van der Waals surface area (Å²) in [5.74, 6) is -0.168. The maximum absolute atomic E-state index is 12.2. The van der Waals surface area contributed by atoms with Crippen LogP contribution in [-0.2, 0) is 16.1 Å². The van der Waals surface area contributed by atoms with E-state index in [9.17, 15) is 9.59 Å². The van der Waals surface area contributed by atoms with Gasteiger partial charge in [0.05, 0.1) is 5.92 Å². The molecular weight excluding hydrogens is 254 g/mol. The first-order chi connectivity index (χ1) is 9.59. The van der Waals surface area contributed by atoms with Gasteiger partial charge < -0.3 is 15.5 Å². The van der Waals surface area contributed by atoms with Gasteiger partial charge in [-0.05, 0) is 11.1 Å². The summed E-state index contributed by atoms with van der Waals surface area (Å²) < 4.78 is 0. The average molecular weight is 275 g/mol. The summed E-state index contributed by atoms with van der Waals surface area (Å²) in [5.41, 5.74) is 2.26. The minimum Gasteiger partial charge on any atom is -0.355 e. The zero-order chi connectivity index (χ0) is 14.5. The Labute approximate surface area is 119 Å². The maximum atomic E-state index is 12.2. The number of carbonyl (C=O) groups excluding carboxylic acids is 2. The van der Waals surface area contributed by atoms with Gasteiger partial charge in [-0.2, -0.15) is 0 Å². The number of nitrogens with zero attached hydrogens (tertiary/aromatic N) is 1. The van der Waals surface area contributed by atoms with E-state index in [2.05, 4.69) is 10.6 Å². The van der Waals surface area contributed by atoms with Crippen molar-refractivity contribution in [2.45, 2.75) is 18.9 Å². The van der Waals surface area contributed by atoms with Gasteiger partial charge in [-0.25, -0.2) is 0 Å². The summed E-state index contributed by atoms with van der Waals surface area (Å²) in [4.78, 5) is 25.2. The first kappa shape index (κ1) is 14.5. The molecule has 2 amide bonds. The van der Waals surface area contributed by atoms with E-state index in [0.29, 0.717) is 19.5 Å². The predicted octanol–water partition coefficient (Wildman–Crippen LogP) is 0.468. The summed E-state index contributed by atoms with van der Waals surface area (Å²) in [5, 5.41) is 6.11. The molecule has 0 bridgehead atoms. The van der Waals surface area contributed by atoms with Gasteiger partial charge in [-0.15, -0.1) is 0 Å². The Balaban J connectivity index is 1.92. The monoisotopic (exact) mass is 275 g/mol. The van der Waals surface area contributed by atoms with Crippen LogP contribution in [0.15, 0.2) is 24.3 Å². The van der Waals surface area contributed by atoms with Crippen molar-refractivity contribution in [1.82, 2.24) is 15.5 Å². The van der Waals surface area contributed by atoms with E-state index in [1.165, 1.54) is 10.5 Å². The second-order valence-electron chi connectivity index (χ2n) is 5.21. The molecule has 0 radical (unpaired) electrons. The first-order valence-electron chi connectivity index (χ1n) is 6.86. The highest BCUT2D eigenvalue weighted by molar-refractivity contribution is 5.85. The van der Waals surface area contributed by atoms with Gasteiger partial charge in [0.15, 0.2) is 0 Å². The van der Waals surface area contributed by atoms with Gasteiger partial charge in [-0.3, -0.25) is 9.59 Å². The molecule has 0 aliphatic carbocycles. The number of amides is 2. The van der Waals surface area contributed by atoms with Gasteiger partial charge >= 0.3 is 0 Å². The zero-order valence-corrected chi connectivity index (χ0v) is 12.0. The van der Waals surface area contributed by atoms with Crippen LogP contribution < -0.4 is 10.6 Å². The Kier molecular flexibility index (Phi) is 4.74. The van der Waals surface area contributed by atoms with Crippen LogP contribution in [0.25, 0.3) is 0 Å². The Morgan fingerprint density at radius 2 is 2.10 bits per heavy atom. The van der Waals surface area contributed by atoms with Crippen molar-refractivity contribution >= 4 is 11.8 Å².